The topological polar surface area (TPSA) is 41.9 Å². The minimum atomic E-state index is -0.725. The van der Waals surface area contributed by atoms with E-state index in [1.807, 2.05) is 0 Å². The molecule has 0 radical (unpaired) electrons. The molecule has 0 aromatic heterocycles. The first-order valence-electron chi connectivity index (χ1n) is 5.75. The highest BCUT2D eigenvalue weighted by atomic mass is 32.2. The number of rotatable bonds is 6. The van der Waals surface area contributed by atoms with E-state index in [4.69, 9.17) is 4.74 Å². The van der Waals surface area contributed by atoms with Crippen LogP contribution < -0.4 is 0 Å². The first kappa shape index (κ1) is 14.9. The quantitative estimate of drug-likeness (QED) is 0.458. The molecule has 1 rings (SSSR count). The number of aliphatic imine (C=N–C) groups is 1. The third kappa shape index (κ3) is 3.89. The standard InChI is InChI=1S/C11H20N2O2S2/c1-5-13(6-2)10(16)17-7-8-12-11(3,4)9(14)15-8/h10,16H,5-7H2,1-4H3/t10-/m1/s1. The highest BCUT2D eigenvalue weighted by molar-refractivity contribution is 8.10. The van der Waals surface area contributed by atoms with Crippen LogP contribution in [0.5, 0.6) is 0 Å². The van der Waals surface area contributed by atoms with E-state index in [1.165, 1.54) is 0 Å². The van der Waals surface area contributed by atoms with Gasteiger partial charge in [-0.1, -0.05) is 13.8 Å². The molecule has 4 nitrogen and oxygen atoms in total. The Balaban J connectivity index is 2.45. The van der Waals surface area contributed by atoms with Crippen molar-refractivity contribution >= 4 is 36.3 Å². The highest BCUT2D eigenvalue weighted by Crippen LogP contribution is 2.24. The summed E-state index contributed by atoms with van der Waals surface area (Å²) in [6.07, 6.45) is 0. The predicted octanol–water partition coefficient (Wildman–Crippen LogP) is 2.01. The summed E-state index contributed by atoms with van der Waals surface area (Å²) in [7, 11) is 0. The lowest BCUT2D eigenvalue weighted by Crippen LogP contribution is -2.29. The molecule has 6 heteroatoms. The Kier molecular flexibility index (Phi) is 5.34. The van der Waals surface area contributed by atoms with Gasteiger partial charge in [0.1, 0.15) is 4.71 Å². The van der Waals surface area contributed by atoms with Crippen LogP contribution >= 0.6 is 24.4 Å². The van der Waals surface area contributed by atoms with Crippen molar-refractivity contribution in [3.63, 3.8) is 0 Å². The average Bonchev–Trinajstić information content (AvgIpc) is 2.52. The second-order valence-electron chi connectivity index (χ2n) is 4.31. The SMILES string of the molecule is CCN(CC)[C@H](S)SCC1=NC(C)(C)C(=O)O1. The molecule has 0 aliphatic carbocycles. The largest absolute Gasteiger partial charge is 0.409 e. The van der Waals surface area contributed by atoms with Crippen LogP contribution in [0, 0.1) is 0 Å². The number of carbonyl (C=O) groups excluding carboxylic acids is 1. The van der Waals surface area contributed by atoms with Crippen LogP contribution in [0.4, 0.5) is 0 Å². The first-order valence-corrected chi connectivity index (χ1v) is 7.32. The monoisotopic (exact) mass is 276 g/mol. The lowest BCUT2D eigenvalue weighted by Gasteiger charge is -2.24. The van der Waals surface area contributed by atoms with Crippen LogP contribution in [-0.2, 0) is 9.53 Å². The third-order valence-corrected chi connectivity index (χ3v) is 4.38. The first-order chi connectivity index (χ1) is 7.90. The number of nitrogens with zero attached hydrogens (tertiary/aromatic N) is 2. The van der Waals surface area contributed by atoms with Crippen LogP contribution in [-0.4, -0.2) is 45.9 Å². The summed E-state index contributed by atoms with van der Waals surface area (Å²) in [6.45, 7) is 9.63. The van der Waals surface area contributed by atoms with E-state index >= 15 is 0 Å². The molecular formula is C11H20N2O2S2. The van der Waals surface area contributed by atoms with Crippen LogP contribution in [0.25, 0.3) is 0 Å². The number of esters is 1. The zero-order valence-electron chi connectivity index (χ0n) is 10.8. The van der Waals surface area contributed by atoms with E-state index in [1.54, 1.807) is 25.6 Å². The van der Waals surface area contributed by atoms with Gasteiger partial charge in [-0.25, -0.2) is 9.79 Å². The number of ether oxygens (including phenoxy) is 1. The van der Waals surface area contributed by atoms with E-state index in [9.17, 15) is 4.79 Å². The molecule has 0 aromatic rings. The molecular weight excluding hydrogens is 256 g/mol. The molecule has 0 spiro atoms. The van der Waals surface area contributed by atoms with Crippen LogP contribution in [0.3, 0.4) is 0 Å². The molecule has 0 fully saturated rings. The van der Waals surface area contributed by atoms with Crippen molar-refractivity contribution < 1.29 is 9.53 Å². The minimum absolute atomic E-state index is 0.107. The van der Waals surface area contributed by atoms with Gasteiger partial charge in [-0.3, -0.25) is 4.90 Å². The molecule has 98 valence electrons. The van der Waals surface area contributed by atoms with E-state index in [2.05, 4.69) is 36.4 Å². The maximum absolute atomic E-state index is 11.4. The van der Waals surface area contributed by atoms with Crippen LogP contribution in [0.2, 0.25) is 0 Å². The predicted molar refractivity (Wildman–Crippen MR) is 75.8 cm³/mol. The summed E-state index contributed by atoms with van der Waals surface area (Å²) in [5.74, 6) is 0.822. The summed E-state index contributed by atoms with van der Waals surface area (Å²) < 4.78 is 5.22. The number of thiol groups is 1. The normalized spacial score (nSPS) is 20.4. The van der Waals surface area contributed by atoms with Gasteiger partial charge in [-0.15, -0.1) is 24.4 Å². The number of thioether (sulfide) groups is 1. The molecule has 1 aliphatic rings. The maximum Gasteiger partial charge on any atom is 0.340 e. The fraction of sp³-hybridized carbons (Fsp3) is 0.818. The molecule has 0 saturated carbocycles. The van der Waals surface area contributed by atoms with E-state index in [0.717, 1.165) is 13.1 Å². The van der Waals surface area contributed by atoms with E-state index in [-0.39, 0.29) is 10.7 Å². The Bertz CT molecular complexity index is 315. The Labute approximate surface area is 113 Å². The van der Waals surface area contributed by atoms with Gasteiger partial charge in [0.05, 0.1) is 5.75 Å². The lowest BCUT2D eigenvalue weighted by molar-refractivity contribution is -0.137. The van der Waals surface area contributed by atoms with Crippen molar-refractivity contribution in [1.29, 1.82) is 0 Å². The van der Waals surface area contributed by atoms with Gasteiger partial charge in [0.2, 0.25) is 5.90 Å². The molecule has 0 unspecified atom stereocenters. The molecule has 0 amide bonds. The summed E-state index contributed by atoms with van der Waals surface area (Å²) in [5.41, 5.74) is -0.725. The van der Waals surface area contributed by atoms with Gasteiger partial charge in [0.15, 0.2) is 5.54 Å². The molecule has 1 heterocycles. The third-order valence-electron chi connectivity index (χ3n) is 2.59. The fourth-order valence-corrected chi connectivity index (χ4v) is 2.94. The minimum Gasteiger partial charge on any atom is -0.409 e. The van der Waals surface area contributed by atoms with Gasteiger partial charge in [0.25, 0.3) is 0 Å². The highest BCUT2D eigenvalue weighted by Gasteiger charge is 2.36. The molecule has 0 aromatic carbocycles. The Morgan fingerprint density at radius 2 is 2.06 bits per heavy atom. The number of hydrogen-bond acceptors (Lipinski definition) is 6. The summed E-state index contributed by atoms with van der Waals surface area (Å²) in [6, 6.07) is 0. The molecule has 0 N–H and O–H groups in total. The molecule has 0 saturated heterocycles. The lowest BCUT2D eigenvalue weighted by atomic mass is 10.1. The summed E-state index contributed by atoms with van der Waals surface area (Å²) in [4.78, 5) is 17.9. The zero-order chi connectivity index (χ0) is 13.1. The van der Waals surface area contributed by atoms with E-state index in [0.29, 0.717) is 11.7 Å². The van der Waals surface area contributed by atoms with Gasteiger partial charge in [-0.05, 0) is 26.9 Å². The van der Waals surface area contributed by atoms with Crippen molar-refractivity contribution in [2.45, 2.75) is 37.9 Å². The van der Waals surface area contributed by atoms with Crippen molar-refractivity contribution in [3.05, 3.63) is 0 Å². The van der Waals surface area contributed by atoms with Crippen LogP contribution in [0.15, 0.2) is 4.99 Å². The molecule has 1 atom stereocenters. The summed E-state index contributed by atoms with van der Waals surface area (Å²) >= 11 is 6.13. The van der Waals surface area contributed by atoms with Gasteiger partial charge < -0.3 is 4.74 Å². The second kappa shape index (κ2) is 6.11. The summed E-state index contributed by atoms with van der Waals surface area (Å²) in [5, 5.41) is 0. The van der Waals surface area contributed by atoms with Crippen LogP contribution in [0.1, 0.15) is 27.7 Å². The molecule has 1 aliphatic heterocycles. The smallest absolute Gasteiger partial charge is 0.340 e. The van der Waals surface area contributed by atoms with Crippen molar-refractivity contribution in [2.75, 3.05) is 18.8 Å². The maximum atomic E-state index is 11.4. The van der Waals surface area contributed by atoms with Crippen molar-refractivity contribution in [3.8, 4) is 0 Å². The van der Waals surface area contributed by atoms with Gasteiger partial charge in [-0.2, -0.15) is 0 Å². The van der Waals surface area contributed by atoms with Crippen molar-refractivity contribution in [2.24, 2.45) is 4.99 Å². The average molecular weight is 276 g/mol. The fourth-order valence-electron chi connectivity index (χ4n) is 1.46. The Morgan fingerprint density at radius 1 is 1.47 bits per heavy atom. The number of cyclic esters (lactones) is 1. The second-order valence-corrected chi connectivity index (χ2v) is 6.22. The van der Waals surface area contributed by atoms with Gasteiger partial charge in [0, 0.05) is 0 Å². The Morgan fingerprint density at radius 3 is 2.47 bits per heavy atom. The molecule has 17 heavy (non-hydrogen) atoms. The zero-order valence-corrected chi connectivity index (χ0v) is 12.5. The van der Waals surface area contributed by atoms with E-state index < -0.39 is 5.54 Å². The van der Waals surface area contributed by atoms with Gasteiger partial charge >= 0.3 is 5.97 Å². The Hall–Kier alpha value is -0.200. The molecule has 0 bridgehead atoms. The number of carbonyl (C=O) groups is 1. The number of hydrogen-bond donors (Lipinski definition) is 1. The van der Waals surface area contributed by atoms with Crippen molar-refractivity contribution in [1.82, 2.24) is 4.90 Å².